The molecular weight excluding hydrogens is 344 g/mol. The standard InChI is InChI=1S/C16H12N4O2S2/c1-8-9(2)23-16-17-7-12(15(22)20(8)16)14(21)19-11-3-4-13-10(5-11)6-18-24-13/h3-7H,1-2H3,(H,19,21). The number of carbonyl (C=O) groups is 1. The summed E-state index contributed by atoms with van der Waals surface area (Å²) in [5.74, 6) is -0.465. The lowest BCUT2D eigenvalue weighted by molar-refractivity contribution is 0.102. The number of hydrogen-bond donors (Lipinski definition) is 1. The molecule has 0 saturated heterocycles. The second-order valence-electron chi connectivity index (χ2n) is 5.37. The Bertz CT molecular complexity index is 1160. The van der Waals surface area contributed by atoms with Gasteiger partial charge in [-0.2, -0.15) is 4.37 Å². The van der Waals surface area contributed by atoms with Gasteiger partial charge in [0, 0.05) is 34.0 Å². The molecule has 0 atom stereocenters. The van der Waals surface area contributed by atoms with Crippen LogP contribution < -0.4 is 10.9 Å². The van der Waals surface area contributed by atoms with Gasteiger partial charge in [0.1, 0.15) is 5.56 Å². The van der Waals surface area contributed by atoms with Crippen LogP contribution in [0.4, 0.5) is 5.69 Å². The fourth-order valence-electron chi connectivity index (χ4n) is 2.48. The van der Waals surface area contributed by atoms with E-state index in [1.807, 2.05) is 26.0 Å². The maximum atomic E-state index is 12.6. The van der Waals surface area contributed by atoms with Gasteiger partial charge in [-0.1, -0.05) is 0 Å². The molecule has 4 aromatic rings. The Morgan fingerprint density at radius 3 is 2.92 bits per heavy atom. The highest BCUT2D eigenvalue weighted by atomic mass is 32.1. The van der Waals surface area contributed by atoms with Gasteiger partial charge >= 0.3 is 0 Å². The Morgan fingerprint density at radius 2 is 2.08 bits per heavy atom. The number of hydrogen-bond acceptors (Lipinski definition) is 6. The number of benzene rings is 1. The van der Waals surface area contributed by atoms with Crippen molar-refractivity contribution in [1.29, 1.82) is 0 Å². The third kappa shape index (κ3) is 2.31. The highest BCUT2D eigenvalue weighted by Gasteiger charge is 2.17. The third-order valence-corrected chi connectivity index (χ3v) is 5.72. The van der Waals surface area contributed by atoms with Gasteiger partial charge in [-0.3, -0.25) is 14.0 Å². The van der Waals surface area contributed by atoms with Crippen LogP contribution in [-0.4, -0.2) is 19.7 Å². The van der Waals surface area contributed by atoms with Crippen molar-refractivity contribution in [3.05, 3.63) is 57.1 Å². The number of nitrogens with zero attached hydrogens (tertiary/aromatic N) is 3. The molecule has 24 heavy (non-hydrogen) atoms. The van der Waals surface area contributed by atoms with Crippen LogP contribution in [-0.2, 0) is 0 Å². The van der Waals surface area contributed by atoms with Crippen LogP contribution in [0.25, 0.3) is 15.0 Å². The molecule has 0 bridgehead atoms. The Labute approximate surface area is 144 Å². The molecule has 0 saturated carbocycles. The zero-order valence-corrected chi connectivity index (χ0v) is 14.5. The van der Waals surface area contributed by atoms with E-state index in [-0.39, 0.29) is 11.1 Å². The molecule has 1 amide bonds. The van der Waals surface area contributed by atoms with Gasteiger partial charge in [0.2, 0.25) is 0 Å². The molecule has 0 aliphatic rings. The fraction of sp³-hybridized carbons (Fsp3) is 0.125. The van der Waals surface area contributed by atoms with Crippen LogP contribution in [0.1, 0.15) is 20.9 Å². The zero-order valence-electron chi connectivity index (χ0n) is 12.9. The third-order valence-electron chi connectivity index (χ3n) is 3.87. The average molecular weight is 356 g/mol. The summed E-state index contributed by atoms with van der Waals surface area (Å²) >= 11 is 2.83. The van der Waals surface area contributed by atoms with Gasteiger partial charge in [-0.15, -0.1) is 11.3 Å². The summed E-state index contributed by atoms with van der Waals surface area (Å²) in [6.45, 7) is 3.78. The van der Waals surface area contributed by atoms with E-state index < -0.39 is 5.91 Å². The SMILES string of the molecule is Cc1sc2ncc(C(=O)Nc3ccc4sncc4c3)c(=O)n2c1C. The number of anilines is 1. The molecule has 3 aromatic heterocycles. The van der Waals surface area contributed by atoms with Crippen molar-refractivity contribution in [3.8, 4) is 0 Å². The van der Waals surface area contributed by atoms with E-state index in [0.29, 0.717) is 10.6 Å². The maximum Gasteiger partial charge on any atom is 0.271 e. The Hall–Kier alpha value is -2.58. The van der Waals surface area contributed by atoms with Gasteiger partial charge in [-0.25, -0.2) is 4.98 Å². The number of amides is 1. The topological polar surface area (TPSA) is 76.4 Å². The van der Waals surface area contributed by atoms with E-state index in [1.165, 1.54) is 33.5 Å². The first-order valence-electron chi connectivity index (χ1n) is 7.18. The van der Waals surface area contributed by atoms with Crippen LogP contribution in [0, 0.1) is 13.8 Å². The molecule has 120 valence electrons. The second-order valence-corrected chi connectivity index (χ2v) is 7.39. The van der Waals surface area contributed by atoms with Gasteiger partial charge in [0.15, 0.2) is 4.96 Å². The predicted octanol–water partition coefficient (Wildman–Crippen LogP) is 3.23. The monoisotopic (exact) mass is 356 g/mol. The summed E-state index contributed by atoms with van der Waals surface area (Å²) in [7, 11) is 0. The zero-order chi connectivity index (χ0) is 16.8. The van der Waals surface area contributed by atoms with Crippen molar-refractivity contribution < 1.29 is 4.79 Å². The summed E-state index contributed by atoms with van der Waals surface area (Å²) in [5.41, 5.74) is 1.11. The molecule has 4 rings (SSSR count). The average Bonchev–Trinajstić information content (AvgIpc) is 3.12. The van der Waals surface area contributed by atoms with Gasteiger partial charge in [-0.05, 0) is 43.6 Å². The molecule has 0 fully saturated rings. The molecule has 1 aromatic carbocycles. The predicted molar refractivity (Wildman–Crippen MR) is 96.4 cm³/mol. The molecule has 3 heterocycles. The summed E-state index contributed by atoms with van der Waals surface area (Å²) in [5, 5.41) is 3.71. The summed E-state index contributed by atoms with van der Waals surface area (Å²) < 4.78 is 6.64. The number of fused-ring (bicyclic) bond motifs is 2. The fourth-order valence-corrected chi connectivity index (χ4v) is 4.04. The number of carbonyl (C=O) groups excluding carboxylic acids is 1. The van der Waals surface area contributed by atoms with E-state index >= 15 is 0 Å². The van der Waals surface area contributed by atoms with E-state index in [0.717, 1.165) is 20.7 Å². The molecule has 8 heteroatoms. The molecule has 0 unspecified atom stereocenters. The minimum Gasteiger partial charge on any atom is -0.322 e. The second kappa shape index (κ2) is 5.50. The van der Waals surface area contributed by atoms with Crippen molar-refractivity contribution in [2.45, 2.75) is 13.8 Å². The van der Waals surface area contributed by atoms with E-state index in [1.54, 1.807) is 12.3 Å². The van der Waals surface area contributed by atoms with Crippen molar-refractivity contribution in [3.63, 3.8) is 0 Å². The maximum absolute atomic E-state index is 12.6. The van der Waals surface area contributed by atoms with Gasteiger partial charge in [0.25, 0.3) is 11.5 Å². The van der Waals surface area contributed by atoms with Crippen molar-refractivity contribution in [2.24, 2.45) is 0 Å². The first-order chi connectivity index (χ1) is 11.5. The first kappa shape index (κ1) is 15.0. The quantitative estimate of drug-likeness (QED) is 0.598. The lowest BCUT2D eigenvalue weighted by Gasteiger charge is -2.05. The van der Waals surface area contributed by atoms with Crippen molar-refractivity contribution in [2.75, 3.05) is 5.32 Å². The van der Waals surface area contributed by atoms with E-state index in [2.05, 4.69) is 14.7 Å². The van der Waals surface area contributed by atoms with Crippen molar-refractivity contribution in [1.82, 2.24) is 13.8 Å². The lowest BCUT2D eigenvalue weighted by Crippen LogP contribution is -2.26. The molecule has 0 aliphatic carbocycles. The number of aryl methyl sites for hydroxylation is 2. The van der Waals surface area contributed by atoms with E-state index in [4.69, 9.17) is 0 Å². The first-order valence-corrected chi connectivity index (χ1v) is 8.77. The van der Waals surface area contributed by atoms with Crippen LogP contribution in [0.3, 0.4) is 0 Å². The van der Waals surface area contributed by atoms with Crippen molar-refractivity contribution >= 4 is 49.5 Å². The summed E-state index contributed by atoms with van der Waals surface area (Å²) in [6, 6.07) is 5.52. The Morgan fingerprint density at radius 1 is 1.25 bits per heavy atom. The van der Waals surface area contributed by atoms with Crippen LogP contribution in [0.5, 0.6) is 0 Å². The Kier molecular flexibility index (Phi) is 3.43. The highest BCUT2D eigenvalue weighted by Crippen LogP contribution is 2.22. The minimum absolute atomic E-state index is 0.0249. The highest BCUT2D eigenvalue weighted by molar-refractivity contribution is 7.17. The van der Waals surface area contributed by atoms with Gasteiger partial charge in [0.05, 0.1) is 4.70 Å². The molecule has 6 nitrogen and oxygen atoms in total. The van der Waals surface area contributed by atoms with Gasteiger partial charge < -0.3 is 5.32 Å². The number of thiazole rings is 1. The Balaban J connectivity index is 1.73. The van der Waals surface area contributed by atoms with Crippen LogP contribution in [0.15, 0.2) is 35.4 Å². The molecule has 0 spiro atoms. The summed E-state index contributed by atoms with van der Waals surface area (Å²) in [4.78, 5) is 31.0. The largest absolute Gasteiger partial charge is 0.322 e. The number of rotatable bonds is 2. The molecule has 0 radical (unpaired) electrons. The number of nitrogens with one attached hydrogen (secondary N) is 1. The normalized spacial score (nSPS) is 11.2. The smallest absolute Gasteiger partial charge is 0.271 e. The lowest BCUT2D eigenvalue weighted by atomic mass is 10.2. The molecular formula is C16H12N4O2S2. The van der Waals surface area contributed by atoms with Crippen LogP contribution >= 0.6 is 22.9 Å². The van der Waals surface area contributed by atoms with E-state index in [9.17, 15) is 9.59 Å². The minimum atomic E-state index is -0.465. The number of aromatic nitrogens is 3. The molecule has 0 aliphatic heterocycles. The summed E-state index contributed by atoms with van der Waals surface area (Å²) in [6.07, 6.45) is 3.09. The van der Waals surface area contributed by atoms with Crippen LogP contribution in [0.2, 0.25) is 0 Å². The molecule has 1 N–H and O–H groups in total.